The van der Waals surface area contributed by atoms with Crippen LogP contribution in [0, 0.1) is 0 Å². The van der Waals surface area contributed by atoms with E-state index in [9.17, 15) is 4.79 Å². The summed E-state index contributed by atoms with van der Waals surface area (Å²) in [7, 11) is 0. The molecule has 112 valence electrons. The van der Waals surface area contributed by atoms with Crippen LogP contribution in [0.2, 0.25) is 0 Å². The minimum Gasteiger partial charge on any atom is -0.348 e. The Morgan fingerprint density at radius 3 is 3.00 bits per heavy atom. The van der Waals surface area contributed by atoms with Gasteiger partial charge in [0.15, 0.2) is 0 Å². The second-order valence-corrected chi connectivity index (χ2v) is 5.51. The van der Waals surface area contributed by atoms with Crippen LogP contribution in [-0.4, -0.2) is 31.7 Å². The predicted octanol–water partition coefficient (Wildman–Crippen LogP) is 2.46. The van der Waals surface area contributed by atoms with E-state index in [4.69, 9.17) is 0 Å². The first-order valence-corrected chi connectivity index (χ1v) is 7.71. The van der Waals surface area contributed by atoms with Crippen LogP contribution in [0.5, 0.6) is 0 Å². The molecule has 5 nitrogen and oxygen atoms in total. The normalized spacial score (nSPS) is 17.8. The molecular formula is C16H22N4O. The van der Waals surface area contributed by atoms with E-state index in [1.165, 1.54) is 5.69 Å². The van der Waals surface area contributed by atoms with Crippen LogP contribution in [-0.2, 0) is 17.9 Å². The van der Waals surface area contributed by atoms with E-state index in [0.29, 0.717) is 6.42 Å². The summed E-state index contributed by atoms with van der Waals surface area (Å²) in [6.45, 7) is 4.68. The predicted molar refractivity (Wildman–Crippen MR) is 80.6 cm³/mol. The molecule has 0 radical (unpaired) electrons. The van der Waals surface area contributed by atoms with Gasteiger partial charge in [-0.05, 0) is 31.0 Å². The minimum absolute atomic E-state index is 0.228. The molecule has 0 saturated heterocycles. The maximum absolute atomic E-state index is 12.5. The van der Waals surface area contributed by atoms with Crippen LogP contribution in [0.1, 0.15) is 37.9 Å². The number of aromatic nitrogens is 3. The topological polar surface area (TPSA) is 43.1 Å². The van der Waals surface area contributed by atoms with E-state index in [1.807, 2.05) is 16.9 Å². The highest BCUT2D eigenvalue weighted by Gasteiger charge is 2.28. The van der Waals surface area contributed by atoms with Crippen molar-refractivity contribution in [3.8, 4) is 0 Å². The van der Waals surface area contributed by atoms with E-state index >= 15 is 0 Å². The molecule has 3 heterocycles. The highest BCUT2D eigenvalue weighted by Crippen LogP contribution is 2.29. The summed E-state index contributed by atoms with van der Waals surface area (Å²) in [6, 6.07) is 6.35. The van der Waals surface area contributed by atoms with Gasteiger partial charge in [0, 0.05) is 50.3 Å². The van der Waals surface area contributed by atoms with Crippen molar-refractivity contribution in [1.29, 1.82) is 0 Å². The number of rotatable bonds is 5. The molecule has 2 aromatic rings. The molecule has 21 heavy (non-hydrogen) atoms. The lowest BCUT2D eigenvalue weighted by molar-refractivity contribution is -0.135. The lowest BCUT2D eigenvalue weighted by Crippen LogP contribution is -2.41. The standard InChI is InChI=1S/C16H22N4O/c1-2-14-15-6-3-9-18(15)12-13-20(14)16(21)7-4-10-19-11-5-8-17-19/h3,5-6,8-9,11,14H,2,4,7,10,12-13H2,1H3/t14-/m0/s1. The smallest absolute Gasteiger partial charge is 0.223 e. The van der Waals surface area contributed by atoms with Gasteiger partial charge in [0.25, 0.3) is 0 Å². The van der Waals surface area contributed by atoms with Gasteiger partial charge >= 0.3 is 0 Å². The molecule has 0 aromatic carbocycles. The number of hydrogen-bond acceptors (Lipinski definition) is 2. The summed E-state index contributed by atoms with van der Waals surface area (Å²) >= 11 is 0. The zero-order valence-corrected chi connectivity index (χ0v) is 12.5. The third-order valence-corrected chi connectivity index (χ3v) is 4.21. The first-order chi connectivity index (χ1) is 10.3. The zero-order valence-electron chi connectivity index (χ0n) is 12.5. The van der Waals surface area contributed by atoms with E-state index in [-0.39, 0.29) is 11.9 Å². The van der Waals surface area contributed by atoms with Crippen molar-refractivity contribution in [2.24, 2.45) is 0 Å². The van der Waals surface area contributed by atoms with Gasteiger partial charge in [0.1, 0.15) is 0 Å². The van der Waals surface area contributed by atoms with Crippen molar-refractivity contribution >= 4 is 5.91 Å². The molecule has 0 N–H and O–H groups in total. The Hall–Kier alpha value is -2.04. The minimum atomic E-state index is 0.228. The van der Waals surface area contributed by atoms with Gasteiger partial charge in [-0.1, -0.05) is 6.92 Å². The Labute approximate surface area is 125 Å². The molecule has 0 unspecified atom stereocenters. The molecule has 1 aliphatic heterocycles. The number of fused-ring (bicyclic) bond motifs is 1. The van der Waals surface area contributed by atoms with Gasteiger partial charge in [-0.15, -0.1) is 0 Å². The van der Waals surface area contributed by atoms with Crippen molar-refractivity contribution in [3.63, 3.8) is 0 Å². The van der Waals surface area contributed by atoms with E-state index in [1.54, 1.807) is 6.20 Å². The number of carbonyl (C=O) groups excluding carboxylic acids is 1. The molecule has 0 fully saturated rings. The Bertz CT molecular complexity index is 587. The maximum Gasteiger partial charge on any atom is 0.223 e. The van der Waals surface area contributed by atoms with Gasteiger partial charge in [-0.3, -0.25) is 9.48 Å². The fraction of sp³-hybridized carbons (Fsp3) is 0.500. The van der Waals surface area contributed by atoms with Gasteiger partial charge in [-0.2, -0.15) is 5.10 Å². The Balaban J connectivity index is 1.59. The second-order valence-electron chi connectivity index (χ2n) is 5.51. The largest absolute Gasteiger partial charge is 0.348 e. The Kier molecular flexibility index (Phi) is 4.08. The third-order valence-electron chi connectivity index (χ3n) is 4.21. The van der Waals surface area contributed by atoms with Gasteiger partial charge in [0.05, 0.1) is 6.04 Å². The summed E-state index contributed by atoms with van der Waals surface area (Å²) in [4.78, 5) is 14.6. The average molecular weight is 286 g/mol. The van der Waals surface area contributed by atoms with Gasteiger partial charge in [0.2, 0.25) is 5.91 Å². The maximum atomic E-state index is 12.5. The summed E-state index contributed by atoms with van der Waals surface area (Å²) < 4.78 is 4.15. The summed E-state index contributed by atoms with van der Waals surface area (Å²) in [5.41, 5.74) is 1.27. The van der Waals surface area contributed by atoms with Crippen molar-refractivity contribution in [2.45, 2.75) is 45.3 Å². The number of nitrogens with zero attached hydrogens (tertiary/aromatic N) is 4. The van der Waals surface area contributed by atoms with Crippen molar-refractivity contribution in [3.05, 3.63) is 42.5 Å². The summed E-state index contributed by atoms with van der Waals surface area (Å²) in [5.74, 6) is 0.265. The molecule has 5 heteroatoms. The van der Waals surface area contributed by atoms with E-state index < -0.39 is 0 Å². The van der Waals surface area contributed by atoms with Crippen LogP contribution in [0.4, 0.5) is 0 Å². The zero-order chi connectivity index (χ0) is 14.7. The molecule has 0 aliphatic carbocycles. The van der Waals surface area contributed by atoms with Crippen LogP contribution in [0.3, 0.4) is 0 Å². The van der Waals surface area contributed by atoms with Gasteiger partial charge < -0.3 is 9.47 Å². The first-order valence-electron chi connectivity index (χ1n) is 7.71. The van der Waals surface area contributed by atoms with Crippen LogP contribution >= 0.6 is 0 Å². The van der Waals surface area contributed by atoms with Crippen LogP contribution < -0.4 is 0 Å². The number of amides is 1. The SMILES string of the molecule is CC[C@H]1c2cccn2CCN1C(=O)CCCn1cccn1. The molecule has 0 bridgehead atoms. The lowest BCUT2D eigenvalue weighted by atomic mass is 10.1. The lowest BCUT2D eigenvalue weighted by Gasteiger charge is -2.36. The van der Waals surface area contributed by atoms with Crippen LogP contribution in [0.25, 0.3) is 0 Å². The quantitative estimate of drug-likeness (QED) is 0.847. The average Bonchev–Trinajstić information content (AvgIpc) is 3.16. The van der Waals surface area contributed by atoms with E-state index in [0.717, 1.165) is 32.5 Å². The molecule has 1 atom stereocenters. The highest BCUT2D eigenvalue weighted by molar-refractivity contribution is 5.76. The Morgan fingerprint density at radius 2 is 2.24 bits per heavy atom. The van der Waals surface area contributed by atoms with Crippen LogP contribution in [0.15, 0.2) is 36.8 Å². The Morgan fingerprint density at radius 1 is 1.33 bits per heavy atom. The van der Waals surface area contributed by atoms with Crippen molar-refractivity contribution < 1.29 is 4.79 Å². The van der Waals surface area contributed by atoms with Gasteiger partial charge in [-0.25, -0.2) is 0 Å². The molecule has 3 rings (SSSR count). The monoisotopic (exact) mass is 286 g/mol. The number of aryl methyl sites for hydroxylation is 1. The summed E-state index contributed by atoms with van der Waals surface area (Å²) in [6.07, 6.45) is 8.22. The van der Waals surface area contributed by atoms with E-state index in [2.05, 4.69) is 39.8 Å². The number of hydrogen-bond donors (Lipinski definition) is 0. The molecular weight excluding hydrogens is 264 g/mol. The fourth-order valence-electron chi connectivity index (χ4n) is 3.16. The third kappa shape index (κ3) is 2.86. The molecule has 0 saturated carbocycles. The van der Waals surface area contributed by atoms with Crippen molar-refractivity contribution in [1.82, 2.24) is 19.2 Å². The van der Waals surface area contributed by atoms with Crippen molar-refractivity contribution in [2.75, 3.05) is 6.54 Å². The second kappa shape index (κ2) is 6.16. The summed E-state index contributed by atoms with van der Waals surface area (Å²) in [5, 5.41) is 4.17. The molecule has 1 aliphatic rings. The fourth-order valence-corrected chi connectivity index (χ4v) is 3.16. The molecule has 0 spiro atoms. The molecule has 2 aromatic heterocycles. The first kappa shape index (κ1) is 13.9. The number of carbonyl (C=O) groups is 1. The molecule has 1 amide bonds. The highest BCUT2D eigenvalue weighted by atomic mass is 16.2.